The number of carbonyl (C=O) groups excluding carboxylic acids is 1. The average Bonchev–Trinajstić information content (AvgIpc) is 3.26. The lowest BCUT2D eigenvalue weighted by Gasteiger charge is -2.26. The molecule has 3 aromatic rings. The summed E-state index contributed by atoms with van der Waals surface area (Å²) >= 11 is 6.09. The van der Waals surface area contributed by atoms with Gasteiger partial charge in [0.15, 0.2) is 0 Å². The van der Waals surface area contributed by atoms with Gasteiger partial charge in [0, 0.05) is 5.02 Å². The van der Waals surface area contributed by atoms with Gasteiger partial charge < -0.3 is 5.32 Å². The zero-order valence-corrected chi connectivity index (χ0v) is 20.3. The summed E-state index contributed by atoms with van der Waals surface area (Å²) in [6, 6.07) is 19.2. The van der Waals surface area contributed by atoms with Crippen molar-refractivity contribution in [1.82, 2.24) is 5.32 Å². The van der Waals surface area contributed by atoms with E-state index in [1.165, 1.54) is 23.3 Å². The van der Waals surface area contributed by atoms with Gasteiger partial charge in [0.25, 0.3) is 10.0 Å². The van der Waals surface area contributed by atoms with Gasteiger partial charge in [-0.05, 0) is 85.7 Å². The van der Waals surface area contributed by atoms with E-state index in [0.717, 1.165) is 29.1 Å². The summed E-state index contributed by atoms with van der Waals surface area (Å²) in [6.07, 6.45) is 3.32. The number of carbonyl (C=O) groups is 1. The summed E-state index contributed by atoms with van der Waals surface area (Å²) in [7, 11) is -3.96. The molecule has 0 aromatic heterocycles. The number of anilines is 1. The van der Waals surface area contributed by atoms with Crippen LogP contribution in [0.2, 0.25) is 5.02 Å². The molecule has 3 aromatic carbocycles. The van der Waals surface area contributed by atoms with Gasteiger partial charge in [0.1, 0.15) is 6.54 Å². The highest BCUT2D eigenvalue weighted by atomic mass is 35.5. The Balaban J connectivity index is 1.60. The number of fused-ring (bicyclic) bond motifs is 1. The Hall–Kier alpha value is -2.83. The van der Waals surface area contributed by atoms with Crippen molar-refractivity contribution in [3.05, 3.63) is 94.0 Å². The Bertz CT molecular complexity index is 1280. The van der Waals surface area contributed by atoms with Crippen LogP contribution in [0.4, 0.5) is 5.69 Å². The minimum Gasteiger partial charge on any atom is -0.348 e. The van der Waals surface area contributed by atoms with Crippen molar-refractivity contribution in [2.45, 2.75) is 44.0 Å². The van der Waals surface area contributed by atoms with Gasteiger partial charge in [-0.25, -0.2) is 8.42 Å². The highest BCUT2D eigenvalue weighted by Crippen LogP contribution is 2.29. The van der Waals surface area contributed by atoms with Crippen LogP contribution in [0.25, 0.3) is 0 Å². The first-order valence-electron chi connectivity index (χ1n) is 11.0. The van der Waals surface area contributed by atoms with Crippen molar-refractivity contribution in [2.24, 2.45) is 0 Å². The minimum absolute atomic E-state index is 0.124. The summed E-state index contributed by atoms with van der Waals surface area (Å²) < 4.78 is 28.2. The lowest BCUT2D eigenvalue weighted by atomic mass is 10.0. The van der Waals surface area contributed by atoms with Crippen molar-refractivity contribution in [3.8, 4) is 0 Å². The summed E-state index contributed by atoms with van der Waals surface area (Å²) in [5.41, 5.74) is 4.81. The maximum Gasteiger partial charge on any atom is 0.264 e. The van der Waals surface area contributed by atoms with Crippen molar-refractivity contribution in [3.63, 3.8) is 0 Å². The summed E-state index contributed by atoms with van der Waals surface area (Å²) in [5.74, 6) is -0.378. The Morgan fingerprint density at radius 3 is 2.48 bits per heavy atom. The van der Waals surface area contributed by atoms with Gasteiger partial charge in [-0.2, -0.15) is 0 Å². The van der Waals surface area contributed by atoms with Crippen LogP contribution in [-0.2, 0) is 27.7 Å². The smallest absolute Gasteiger partial charge is 0.264 e. The fraction of sp³-hybridized carbons (Fsp3) is 0.269. The predicted octanol–water partition coefficient (Wildman–Crippen LogP) is 5.21. The molecule has 172 valence electrons. The number of nitrogens with one attached hydrogen (secondary N) is 1. The second kappa shape index (κ2) is 9.57. The third kappa shape index (κ3) is 5.07. The van der Waals surface area contributed by atoms with Gasteiger partial charge in [-0.3, -0.25) is 9.10 Å². The standard InChI is InChI=1S/C26H27ClN2O3S/c1-18-15-23(27)13-14-25(18)29(33(31,32)24-9-4-3-5-10-24)17-26(30)28-19(2)21-12-11-20-7-6-8-22(20)16-21/h3-5,9-16,19H,6-8,17H2,1-2H3,(H,28,30)/t19-/m1/s1. The van der Waals surface area contributed by atoms with E-state index >= 15 is 0 Å². The first-order valence-corrected chi connectivity index (χ1v) is 12.8. The van der Waals surface area contributed by atoms with E-state index in [2.05, 4.69) is 17.4 Å². The van der Waals surface area contributed by atoms with Gasteiger partial charge in [0.2, 0.25) is 5.91 Å². The average molecular weight is 483 g/mol. The molecule has 1 N–H and O–H groups in total. The molecule has 0 bridgehead atoms. The quantitative estimate of drug-likeness (QED) is 0.502. The van der Waals surface area contributed by atoms with Crippen molar-refractivity contribution < 1.29 is 13.2 Å². The molecule has 1 aliphatic rings. The fourth-order valence-corrected chi connectivity index (χ4v) is 6.01. The van der Waals surface area contributed by atoms with E-state index < -0.39 is 10.0 Å². The molecule has 0 aliphatic heterocycles. The number of hydrogen-bond acceptors (Lipinski definition) is 3. The zero-order chi connectivity index (χ0) is 23.6. The maximum absolute atomic E-state index is 13.5. The highest BCUT2D eigenvalue weighted by Gasteiger charge is 2.29. The van der Waals surface area contributed by atoms with Gasteiger partial charge in [0.05, 0.1) is 16.6 Å². The molecule has 33 heavy (non-hydrogen) atoms. The molecule has 0 spiro atoms. The molecule has 1 atom stereocenters. The van der Waals surface area contributed by atoms with Gasteiger partial charge >= 0.3 is 0 Å². The van der Waals surface area contributed by atoms with Crippen LogP contribution in [0.15, 0.2) is 71.6 Å². The summed E-state index contributed by atoms with van der Waals surface area (Å²) in [4.78, 5) is 13.2. The number of halogens is 1. The summed E-state index contributed by atoms with van der Waals surface area (Å²) in [6.45, 7) is 3.35. The topological polar surface area (TPSA) is 66.5 Å². The lowest BCUT2D eigenvalue weighted by molar-refractivity contribution is -0.120. The molecule has 1 aliphatic carbocycles. The Labute approximate surface area is 200 Å². The van der Waals surface area contributed by atoms with Crippen LogP contribution in [0.3, 0.4) is 0 Å². The molecular weight excluding hydrogens is 456 g/mol. The van der Waals surface area contributed by atoms with E-state index in [4.69, 9.17) is 11.6 Å². The number of hydrogen-bond donors (Lipinski definition) is 1. The normalized spacial score (nSPS) is 13.9. The van der Waals surface area contributed by atoms with Gasteiger partial charge in [-0.1, -0.05) is 48.0 Å². The molecule has 4 rings (SSSR count). The second-order valence-corrected chi connectivity index (χ2v) is 10.7. The first-order chi connectivity index (χ1) is 15.8. The van der Waals surface area contributed by atoms with E-state index in [-0.39, 0.29) is 23.4 Å². The summed E-state index contributed by atoms with van der Waals surface area (Å²) in [5, 5.41) is 3.47. The Morgan fingerprint density at radius 2 is 1.76 bits per heavy atom. The number of sulfonamides is 1. The first kappa shape index (κ1) is 23.3. The molecule has 7 heteroatoms. The van der Waals surface area contributed by atoms with E-state index in [9.17, 15) is 13.2 Å². The third-order valence-electron chi connectivity index (χ3n) is 6.05. The molecule has 0 saturated heterocycles. The number of amides is 1. The third-order valence-corrected chi connectivity index (χ3v) is 8.06. The Morgan fingerprint density at radius 1 is 1.03 bits per heavy atom. The second-order valence-electron chi connectivity index (χ2n) is 8.43. The molecular formula is C26H27ClN2O3S. The Kier molecular flexibility index (Phi) is 6.77. The monoisotopic (exact) mass is 482 g/mol. The molecule has 0 unspecified atom stereocenters. The predicted molar refractivity (Wildman–Crippen MR) is 132 cm³/mol. The van der Waals surface area contributed by atoms with E-state index in [1.54, 1.807) is 43.3 Å². The SMILES string of the molecule is Cc1cc(Cl)ccc1N(CC(=O)N[C@H](C)c1ccc2c(c1)CCC2)S(=O)(=O)c1ccccc1. The molecule has 1 amide bonds. The van der Waals surface area contributed by atoms with Crippen LogP contribution in [0.1, 0.15) is 41.6 Å². The molecule has 0 heterocycles. The highest BCUT2D eigenvalue weighted by molar-refractivity contribution is 7.92. The number of nitrogens with zero attached hydrogens (tertiary/aromatic N) is 1. The van der Waals surface area contributed by atoms with Crippen LogP contribution in [-0.4, -0.2) is 20.9 Å². The molecule has 0 radical (unpaired) electrons. The maximum atomic E-state index is 13.5. The minimum atomic E-state index is -3.96. The zero-order valence-electron chi connectivity index (χ0n) is 18.7. The van der Waals surface area contributed by atoms with Crippen LogP contribution in [0.5, 0.6) is 0 Å². The van der Waals surface area contributed by atoms with Crippen LogP contribution in [0, 0.1) is 6.92 Å². The number of rotatable bonds is 7. The largest absolute Gasteiger partial charge is 0.348 e. The molecule has 5 nitrogen and oxygen atoms in total. The van der Waals surface area contributed by atoms with E-state index in [1.807, 2.05) is 13.0 Å². The number of benzene rings is 3. The fourth-order valence-electron chi connectivity index (χ4n) is 4.28. The lowest BCUT2D eigenvalue weighted by Crippen LogP contribution is -2.41. The van der Waals surface area contributed by atoms with Crippen molar-refractivity contribution >= 4 is 33.2 Å². The molecule has 0 fully saturated rings. The molecule has 0 saturated carbocycles. The van der Waals surface area contributed by atoms with Gasteiger partial charge in [-0.15, -0.1) is 0 Å². The van der Waals surface area contributed by atoms with Crippen LogP contribution < -0.4 is 9.62 Å². The van der Waals surface area contributed by atoms with Crippen molar-refractivity contribution in [2.75, 3.05) is 10.8 Å². The van der Waals surface area contributed by atoms with E-state index in [0.29, 0.717) is 16.3 Å². The van der Waals surface area contributed by atoms with Crippen LogP contribution >= 0.6 is 11.6 Å². The van der Waals surface area contributed by atoms with Crippen molar-refractivity contribution in [1.29, 1.82) is 0 Å². The number of aryl methyl sites for hydroxylation is 3.